The molecule has 7 aromatic rings. The maximum atomic E-state index is 4.66. The fraction of sp³-hybridized carbons (Fsp3) is 0. The molecule has 0 atom stereocenters. The Kier molecular flexibility index (Phi) is 4.74. The molecule has 0 bridgehead atoms. The Labute approximate surface area is 207 Å². The number of rotatable bonds is 3. The van der Waals surface area contributed by atoms with Gasteiger partial charge in [-0.2, -0.15) is 0 Å². The smallest absolute Gasteiger partial charge is 0.123 e. The van der Waals surface area contributed by atoms with Gasteiger partial charge in [-0.25, -0.2) is 0 Å². The fourth-order valence-electron chi connectivity index (χ4n) is 5.23. The third-order valence-corrected chi connectivity index (χ3v) is 6.76. The minimum Gasteiger partial charge on any atom is -0.255 e. The molecule has 7 rings (SSSR count). The lowest BCUT2D eigenvalue weighted by atomic mass is 9.88. The minimum absolute atomic E-state index is 0.717. The molecule has 2 heterocycles. The van der Waals surface area contributed by atoms with Gasteiger partial charge in [0, 0.05) is 17.3 Å². The molecule has 4 heteroatoms. The van der Waals surface area contributed by atoms with Crippen LogP contribution in [-0.4, -0.2) is 20.4 Å². The molecule has 0 radical (unpaired) electrons. The van der Waals surface area contributed by atoms with Crippen LogP contribution in [0.15, 0.2) is 121 Å². The van der Waals surface area contributed by atoms with E-state index in [0.717, 1.165) is 33.5 Å². The van der Waals surface area contributed by atoms with Gasteiger partial charge in [0.25, 0.3) is 0 Å². The van der Waals surface area contributed by atoms with E-state index in [2.05, 4.69) is 99.3 Å². The molecule has 0 amide bonds. The van der Waals surface area contributed by atoms with Gasteiger partial charge in [-0.1, -0.05) is 103 Å². The van der Waals surface area contributed by atoms with Crippen LogP contribution in [-0.2, 0) is 0 Å². The van der Waals surface area contributed by atoms with Gasteiger partial charge in [-0.15, -0.1) is 10.2 Å². The van der Waals surface area contributed by atoms with Crippen LogP contribution in [0.1, 0.15) is 0 Å². The Hall–Kier alpha value is -4.96. The number of fused-ring (bicyclic) bond motifs is 6. The summed E-state index contributed by atoms with van der Waals surface area (Å²) in [5.74, 6) is 0. The first-order valence-corrected chi connectivity index (χ1v) is 11.9. The van der Waals surface area contributed by atoms with Crippen molar-refractivity contribution in [3.05, 3.63) is 121 Å². The summed E-state index contributed by atoms with van der Waals surface area (Å²) in [5, 5.41) is 20.6. The molecule has 0 saturated heterocycles. The molecule has 36 heavy (non-hydrogen) atoms. The molecule has 0 aliphatic heterocycles. The average molecular weight is 461 g/mol. The van der Waals surface area contributed by atoms with Crippen LogP contribution < -0.4 is 0 Å². The number of hydrogen-bond donors (Lipinski definition) is 0. The Bertz CT molecular complexity index is 1840. The lowest BCUT2D eigenvalue weighted by molar-refractivity contribution is 0.876. The van der Waals surface area contributed by atoms with Gasteiger partial charge >= 0.3 is 0 Å². The molecule has 0 fully saturated rings. The van der Waals surface area contributed by atoms with E-state index in [1.807, 2.05) is 36.4 Å². The van der Waals surface area contributed by atoms with Gasteiger partial charge in [-0.05, 0) is 55.2 Å². The molecule has 0 unspecified atom stereocenters. The standard InChI is InChI=1S/C32H20N4/c1-2-11-21(12-3-1)29-31(34-36-35-32(29)28-19-8-9-20-33-28)27-18-10-17-26-24-14-5-4-13-22(24)23-15-6-7-16-25(23)30(26)27/h1-20H. The Morgan fingerprint density at radius 1 is 0.444 bits per heavy atom. The van der Waals surface area contributed by atoms with Crippen molar-refractivity contribution < 1.29 is 0 Å². The van der Waals surface area contributed by atoms with E-state index in [0.29, 0.717) is 5.69 Å². The highest BCUT2D eigenvalue weighted by atomic mass is 15.3. The van der Waals surface area contributed by atoms with E-state index < -0.39 is 0 Å². The minimum atomic E-state index is 0.717. The Morgan fingerprint density at radius 2 is 1.03 bits per heavy atom. The predicted molar refractivity (Wildman–Crippen MR) is 146 cm³/mol. The predicted octanol–water partition coefficient (Wildman–Crippen LogP) is 7.73. The van der Waals surface area contributed by atoms with Crippen molar-refractivity contribution in [3.8, 4) is 33.8 Å². The number of hydrogen-bond acceptors (Lipinski definition) is 4. The van der Waals surface area contributed by atoms with Crippen molar-refractivity contribution in [1.29, 1.82) is 0 Å². The molecule has 5 aromatic carbocycles. The molecule has 0 N–H and O–H groups in total. The van der Waals surface area contributed by atoms with E-state index in [-0.39, 0.29) is 0 Å². The molecule has 0 aliphatic carbocycles. The van der Waals surface area contributed by atoms with E-state index in [1.54, 1.807) is 6.20 Å². The number of pyridine rings is 1. The Morgan fingerprint density at radius 3 is 1.72 bits per heavy atom. The third-order valence-electron chi connectivity index (χ3n) is 6.76. The second-order valence-corrected chi connectivity index (χ2v) is 8.76. The maximum Gasteiger partial charge on any atom is 0.123 e. The van der Waals surface area contributed by atoms with E-state index in [4.69, 9.17) is 0 Å². The largest absolute Gasteiger partial charge is 0.255 e. The third kappa shape index (κ3) is 3.16. The zero-order chi connectivity index (χ0) is 23.9. The lowest BCUT2D eigenvalue weighted by Gasteiger charge is -2.16. The van der Waals surface area contributed by atoms with Gasteiger partial charge in [0.15, 0.2) is 0 Å². The summed E-state index contributed by atoms with van der Waals surface area (Å²) in [6.45, 7) is 0. The molecule has 168 valence electrons. The highest BCUT2D eigenvalue weighted by Gasteiger charge is 2.21. The van der Waals surface area contributed by atoms with Crippen molar-refractivity contribution in [1.82, 2.24) is 20.4 Å². The first kappa shape index (κ1) is 20.4. The summed E-state index contributed by atoms with van der Waals surface area (Å²) < 4.78 is 0. The summed E-state index contributed by atoms with van der Waals surface area (Å²) in [6, 6.07) is 39.8. The van der Waals surface area contributed by atoms with Gasteiger partial charge in [0.1, 0.15) is 11.4 Å². The van der Waals surface area contributed by atoms with Crippen molar-refractivity contribution in [3.63, 3.8) is 0 Å². The summed E-state index contributed by atoms with van der Waals surface area (Å²) in [6.07, 6.45) is 1.78. The zero-order valence-electron chi connectivity index (χ0n) is 19.3. The number of benzene rings is 5. The van der Waals surface area contributed by atoms with Crippen LogP contribution in [0.2, 0.25) is 0 Å². The number of aromatic nitrogens is 4. The van der Waals surface area contributed by atoms with Gasteiger partial charge in [0.05, 0.1) is 5.69 Å². The van der Waals surface area contributed by atoms with Gasteiger partial charge < -0.3 is 0 Å². The van der Waals surface area contributed by atoms with Gasteiger partial charge in [-0.3, -0.25) is 4.98 Å². The Balaban J connectivity index is 1.66. The van der Waals surface area contributed by atoms with Crippen LogP contribution in [0.5, 0.6) is 0 Å². The SMILES string of the molecule is c1ccc(-c2c(-c3ccccn3)nnnc2-c2cccc3c4ccccc4c4ccccc4c23)cc1. The quantitative estimate of drug-likeness (QED) is 0.253. The molecular weight excluding hydrogens is 440 g/mol. The summed E-state index contributed by atoms with van der Waals surface area (Å²) in [4.78, 5) is 4.59. The molecule has 0 saturated carbocycles. The molecule has 0 spiro atoms. The second-order valence-electron chi connectivity index (χ2n) is 8.76. The van der Waals surface area contributed by atoms with Gasteiger partial charge in [0.2, 0.25) is 0 Å². The van der Waals surface area contributed by atoms with E-state index in [1.165, 1.54) is 26.9 Å². The first-order chi connectivity index (χ1) is 17.9. The normalized spacial score (nSPS) is 11.3. The van der Waals surface area contributed by atoms with Crippen LogP contribution in [0.25, 0.3) is 66.1 Å². The zero-order valence-corrected chi connectivity index (χ0v) is 19.3. The van der Waals surface area contributed by atoms with Crippen molar-refractivity contribution in [2.75, 3.05) is 0 Å². The topological polar surface area (TPSA) is 51.6 Å². The monoisotopic (exact) mass is 460 g/mol. The fourth-order valence-corrected chi connectivity index (χ4v) is 5.23. The number of nitrogens with zero attached hydrogens (tertiary/aromatic N) is 4. The average Bonchev–Trinajstić information content (AvgIpc) is 2.97. The maximum absolute atomic E-state index is 4.66. The summed E-state index contributed by atoms with van der Waals surface area (Å²) in [5.41, 5.74) is 5.26. The van der Waals surface area contributed by atoms with Crippen LogP contribution in [0, 0.1) is 0 Å². The highest BCUT2D eigenvalue weighted by molar-refractivity contribution is 6.28. The second kappa shape index (κ2) is 8.36. The lowest BCUT2D eigenvalue weighted by Crippen LogP contribution is -2.01. The van der Waals surface area contributed by atoms with Crippen LogP contribution in [0.3, 0.4) is 0 Å². The van der Waals surface area contributed by atoms with Crippen molar-refractivity contribution >= 4 is 32.3 Å². The summed E-state index contributed by atoms with van der Waals surface area (Å²) in [7, 11) is 0. The first-order valence-electron chi connectivity index (χ1n) is 11.9. The summed E-state index contributed by atoms with van der Waals surface area (Å²) >= 11 is 0. The molecular formula is C32H20N4. The highest BCUT2D eigenvalue weighted by Crippen LogP contribution is 2.43. The van der Waals surface area contributed by atoms with Crippen molar-refractivity contribution in [2.45, 2.75) is 0 Å². The molecule has 0 aliphatic rings. The van der Waals surface area contributed by atoms with E-state index >= 15 is 0 Å². The van der Waals surface area contributed by atoms with Crippen LogP contribution >= 0.6 is 0 Å². The molecule has 4 nitrogen and oxygen atoms in total. The molecule has 2 aromatic heterocycles. The van der Waals surface area contributed by atoms with Crippen LogP contribution in [0.4, 0.5) is 0 Å². The van der Waals surface area contributed by atoms with Crippen molar-refractivity contribution in [2.24, 2.45) is 0 Å². The van der Waals surface area contributed by atoms with E-state index in [9.17, 15) is 0 Å².